The normalized spacial score (nSPS) is 13.0. The summed E-state index contributed by atoms with van der Waals surface area (Å²) >= 11 is 0. The molecule has 188 valence electrons. The molecular formula is C27H19F3N2O4S. The van der Waals surface area contributed by atoms with E-state index in [0.717, 1.165) is 5.56 Å². The van der Waals surface area contributed by atoms with E-state index < -0.39 is 21.4 Å². The first-order valence-electron chi connectivity index (χ1n) is 11.2. The van der Waals surface area contributed by atoms with E-state index in [9.17, 15) is 21.6 Å². The molecule has 0 saturated carbocycles. The fraction of sp³-hybridized carbons (Fsp3) is 0.111. The molecule has 5 aromatic rings. The molecule has 4 aromatic carbocycles. The minimum absolute atomic E-state index is 0.0669. The summed E-state index contributed by atoms with van der Waals surface area (Å²) in [5.41, 5.74) is -4.47. The minimum atomic E-state index is -5.93. The summed E-state index contributed by atoms with van der Waals surface area (Å²) in [7, 11) is -5.93. The Labute approximate surface area is 210 Å². The van der Waals surface area contributed by atoms with Crippen LogP contribution in [0, 0.1) is 0 Å². The number of nitrogens with zero attached hydrogens (tertiary/aromatic N) is 2. The zero-order valence-electron chi connectivity index (χ0n) is 19.3. The van der Waals surface area contributed by atoms with Crippen LogP contribution in [-0.4, -0.2) is 24.1 Å². The Morgan fingerprint density at radius 2 is 1.38 bits per heavy atom. The molecule has 1 atom stereocenters. The van der Waals surface area contributed by atoms with Gasteiger partial charge in [-0.1, -0.05) is 78.9 Å². The van der Waals surface area contributed by atoms with Gasteiger partial charge in [0.1, 0.15) is 11.8 Å². The molecule has 0 N–H and O–H groups in total. The molecule has 0 amide bonds. The summed E-state index contributed by atoms with van der Waals surface area (Å²) in [4.78, 5) is 0. The Bertz CT molecular complexity index is 1710. The van der Waals surface area contributed by atoms with E-state index in [0.29, 0.717) is 21.5 Å². The molecule has 0 radical (unpaired) electrons. The summed E-state index contributed by atoms with van der Waals surface area (Å²) in [6, 6.07) is 25.9. The van der Waals surface area contributed by atoms with E-state index in [-0.39, 0.29) is 23.2 Å². The monoisotopic (exact) mass is 524 g/mol. The molecule has 0 bridgehead atoms. The highest BCUT2D eigenvalue weighted by Gasteiger charge is 2.49. The zero-order valence-corrected chi connectivity index (χ0v) is 20.1. The minimum Gasteiger partial charge on any atom is -0.468 e. The molecule has 0 aliphatic carbocycles. The third kappa shape index (κ3) is 4.67. The number of fused-ring (bicyclic) bond motifs is 2. The highest BCUT2D eigenvalue weighted by Crippen LogP contribution is 2.42. The van der Waals surface area contributed by atoms with E-state index in [1.165, 1.54) is 12.1 Å². The highest BCUT2D eigenvalue weighted by atomic mass is 32.2. The molecule has 10 heteroatoms. The second-order valence-electron chi connectivity index (χ2n) is 8.21. The Morgan fingerprint density at radius 1 is 0.757 bits per heavy atom. The largest absolute Gasteiger partial charge is 0.534 e. The number of alkyl halides is 3. The molecule has 5 rings (SSSR count). The highest BCUT2D eigenvalue weighted by molar-refractivity contribution is 7.88. The van der Waals surface area contributed by atoms with Gasteiger partial charge in [-0.15, -0.1) is 10.2 Å². The average Bonchev–Trinajstić information content (AvgIpc) is 2.89. The predicted octanol–water partition coefficient (Wildman–Crippen LogP) is 6.82. The van der Waals surface area contributed by atoms with Crippen LogP contribution < -0.4 is 8.92 Å². The van der Waals surface area contributed by atoms with Crippen LogP contribution in [0.15, 0.2) is 91.0 Å². The van der Waals surface area contributed by atoms with E-state index in [4.69, 9.17) is 4.74 Å². The van der Waals surface area contributed by atoms with Gasteiger partial charge in [0.2, 0.25) is 5.88 Å². The first-order valence-corrected chi connectivity index (χ1v) is 12.6. The predicted molar refractivity (Wildman–Crippen MR) is 134 cm³/mol. The standard InChI is InChI=1S/C27H19F3N2O4S/c1-17(18-9-3-2-4-10-18)35-26-22-14-8-7-13-21(22)25(31-32-26)24-20-12-6-5-11-19(20)15-16-23(24)36-37(33,34)27(28,29)30/h2-17H,1H3. The van der Waals surface area contributed by atoms with Crippen molar-refractivity contribution in [1.82, 2.24) is 10.2 Å². The summed E-state index contributed by atoms with van der Waals surface area (Å²) < 4.78 is 74.1. The van der Waals surface area contributed by atoms with Crippen molar-refractivity contribution in [1.29, 1.82) is 0 Å². The van der Waals surface area contributed by atoms with Gasteiger partial charge < -0.3 is 8.92 Å². The molecule has 0 fully saturated rings. The Kier molecular flexibility index (Phi) is 6.20. The lowest BCUT2D eigenvalue weighted by molar-refractivity contribution is -0.0499. The maximum absolute atomic E-state index is 13.2. The van der Waals surface area contributed by atoms with Crippen molar-refractivity contribution >= 4 is 31.7 Å². The van der Waals surface area contributed by atoms with Gasteiger partial charge in [-0.25, -0.2) is 0 Å². The molecule has 0 aliphatic rings. The van der Waals surface area contributed by atoms with Crippen molar-refractivity contribution in [3.63, 3.8) is 0 Å². The van der Waals surface area contributed by atoms with Gasteiger partial charge in [0, 0.05) is 10.8 Å². The lowest BCUT2D eigenvalue weighted by Crippen LogP contribution is -2.28. The van der Waals surface area contributed by atoms with Crippen LogP contribution in [-0.2, 0) is 10.1 Å². The van der Waals surface area contributed by atoms with E-state index in [1.54, 1.807) is 48.5 Å². The Morgan fingerprint density at radius 3 is 2.08 bits per heavy atom. The van der Waals surface area contributed by atoms with Crippen molar-refractivity contribution in [2.75, 3.05) is 0 Å². The van der Waals surface area contributed by atoms with Crippen LogP contribution in [0.25, 0.3) is 32.8 Å². The van der Waals surface area contributed by atoms with Crippen molar-refractivity contribution in [2.24, 2.45) is 0 Å². The number of benzene rings is 4. The molecule has 1 aromatic heterocycles. The molecule has 0 spiro atoms. The second kappa shape index (κ2) is 9.36. The van der Waals surface area contributed by atoms with Gasteiger partial charge in [0.25, 0.3) is 0 Å². The van der Waals surface area contributed by atoms with Gasteiger partial charge in [-0.2, -0.15) is 21.6 Å². The van der Waals surface area contributed by atoms with E-state index in [2.05, 4.69) is 14.4 Å². The third-order valence-electron chi connectivity index (χ3n) is 5.82. The maximum atomic E-state index is 13.2. The van der Waals surface area contributed by atoms with Crippen LogP contribution in [0.1, 0.15) is 18.6 Å². The molecule has 37 heavy (non-hydrogen) atoms. The first kappa shape index (κ1) is 24.5. The quantitative estimate of drug-likeness (QED) is 0.179. The molecular weight excluding hydrogens is 505 g/mol. The summed E-state index contributed by atoms with van der Waals surface area (Å²) in [6.07, 6.45) is -0.363. The smallest absolute Gasteiger partial charge is 0.468 e. The van der Waals surface area contributed by atoms with Gasteiger partial charge >= 0.3 is 15.6 Å². The average molecular weight is 525 g/mol. The van der Waals surface area contributed by atoms with Crippen LogP contribution in [0.5, 0.6) is 11.6 Å². The second-order valence-corrected chi connectivity index (χ2v) is 9.75. The fourth-order valence-electron chi connectivity index (χ4n) is 4.04. The fourth-order valence-corrected chi connectivity index (χ4v) is 4.51. The number of hydrogen-bond donors (Lipinski definition) is 0. The first-order chi connectivity index (χ1) is 17.7. The Hall–Kier alpha value is -4.18. The van der Waals surface area contributed by atoms with Crippen molar-refractivity contribution in [3.05, 3.63) is 96.6 Å². The third-order valence-corrected chi connectivity index (χ3v) is 6.79. The van der Waals surface area contributed by atoms with Gasteiger partial charge in [-0.05, 0) is 35.4 Å². The van der Waals surface area contributed by atoms with Crippen LogP contribution in [0.2, 0.25) is 0 Å². The maximum Gasteiger partial charge on any atom is 0.534 e. The van der Waals surface area contributed by atoms with Gasteiger partial charge in [0.05, 0.1) is 5.56 Å². The van der Waals surface area contributed by atoms with Crippen molar-refractivity contribution in [3.8, 4) is 22.9 Å². The number of rotatable bonds is 6. The van der Waals surface area contributed by atoms with E-state index >= 15 is 0 Å². The zero-order chi connectivity index (χ0) is 26.2. The number of hydrogen-bond acceptors (Lipinski definition) is 6. The molecule has 0 saturated heterocycles. The molecule has 0 aliphatic heterocycles. The topological polar surface area (TPSA) is 78.4 Å². The number of ether oxygens (including phenoxy) is 1. The van der Waals surface area contributed by atoms with Crippen LogP contribution in [0.3, 0.4) is 0 Å². The summed E-state index contributed by atoms with van der Waals surface area (Å²) in [6.45, 7) is 1.86. The van der Waals surface area contributed by atoms with Gasteiger partial charge in [0.15, 0.2) is 5.75 Å². The van der Waals surface area contributed by atoms with E-state index in [1.807, 2.05) is 37.3 Å². The Balaban J connectivity index is 1.70. The summed E-state index contributed by atoms with van der Waals surface area (Å²) in [5, 5.41) is 10.7. The van der Waals surface area contributed by atoms with Crippen molar-refractivity contribution < 1.29 is 30.5 Å². The van der Waals surface area contributed by atoms with Crippen LogP contribution in [0.4, 0.5) is 13.2 Å². The lowest BCUT2D eigenvalue weighted by Gasteiger charge is -2.18. The SMILES string of the molecule is CC(Oc1nnc(-c2c(OS(=O)(=O)C(F)(F)F)ccc3ccccc23)c2ccccc12)c1ccccc1. The van der Waals surface area contributed by atoms with Crippen LogP contribution >= 0.6 is 0 Å². The number of aromatic nitrogens is 2. The summed E-state index contributed by atoms with van der Waals surface area (Å²) in [5.74, 6) is -0.289. The van der Waals surface area contributed by atoms with Gasteiger partial charge in [-0.3, -0.25) is 0 Å². The molecule has 1 unspecified atom stereocenters. The number of halogens is 3. The van der Waals surface area contributed by atoms with Crippen molar-refractivity contribution in [2.45, 2.75) is 18.5 Å². The molecule has 1 heterocycles. The molecule has 6 nitrogen and oxygen atoms in total. The lowest BCUT2D eigenvalue weighted by atomic mass is 9.98.